The Balaban J connectivity index is 2.16. The average Bonchev–Trinajstić information content (AvgIpc) is 3.17. The van der Waals surface area contributed by atoms with Gasteiger partial charge in [-0.2, -0.15) is 0 Å². The highest BCUT2D eigenvalue weighted by atomic mass is 16.3. The zero-order valence-electron chi connectivity index (χ0n) is 10.3. The van der Waals surface area contributed by atoms with Gasteiger partial charge in [-0.05, 0) is 37.0 Å². The van der Waals surface area contributed by atoms with Crippen molar-refractivity contribution in [3.05, 3.63) is 23.8 Å². The van der Waals surface area contributed by atoms with Crippen LogP contribution in [0.4, 0.5) is 0 Å². The predicted molar refractivity (Wildman–Crippen MR) is 67.4 cm³/mol. The van der Waals surface area contributed by atoms with Crippen molar-refractivity contribution in [2.24, 2.45) is 11.7 Å². The van der Waals surface area contributed by atoms with E-state index in [1.54, 1.807) is 11.9 Å². The van der Waals surface area contributed by atoms with Gasteiger partial charge in [0, 0.05) is 25.2 Å². The lowest BCUT2D eigenvalue weighted by molar-refractivity contribution is 0.0718. The van der Waals surface area contributed by atoms with Crippen LogP contribution in [0.2, 0.25) is 0 Å². The fourth-order valence-electron chi connectivity index (χ4n) is 2.16. The van der Waals surface area contributed by atoms with Crippen LogP contribution in [0, 0.1) is 5.92 Å². The molecule has 0 aromatic heterocycles. The van der Waals surface area contributed by atoms with E-state index in [9.17, 15) is 15.0 Å². The third-order valence-electron chi connectivity index (χ3n) is 3.45. The molecule has 1 atom stereocenters. The highest BCUT2D eigenvalue weighted by Crippen LogP contribution is 2.35. The molecule has 1 saturated carbocycles. The molecule has 0 radical (unpaired) electrons. The number of amides is 1. The molecule has 4 N–H and O–H groups in total. The van der Waals surface area contributed by atoms with E-state index in [0.717, 1.165) is 12.8 Å². The van der Waals surface area contributed by atoms with Gasteiger partial charge in [0.25, 0.3) is 5.91 Å². The highest BCUT2D eigenvalue weighted by molar-refractivity contribution is 5.95. The zero-order valence-corrected chi connectivity index (χ0v) is 10.3. The first-order valence-electron chi connectivity index (χ1n) is 6.03. The maximum Gasteiger partial charge on any atom is 0.254 e. The first-order chi connectivity index (χ1) is 8.54. The standard InChI is InChI=1S/C13H18N2O3/c1-15(10(7-14)8-2-3-8)13(18)9-4-5-11(16)12(17)6-9/h4-6,8,10,16-17H,2-3,7,14H2,1H3. The van der Waals surface area contributed by atoms with Crippen LogP contribution in [-0.4, -0.2) is 40.7 Å². The van der Waals surface area contributed by atoms with Gasteiger partial charge < -0.3 is 20.8 Å². The monoisotopic (exact) mass is 250 g/mol. The molecule has 5 heteroatoms. The van der Waals surface area contributed by atoms with Crippen molar-refractivity contribution in [3.63, 3.8) is 0 Å². The summed E-state index contributed by atoms with van der Waals surface area (Å²) in [6, 6.07) is 4.13. The first kappa shape index (κ1) is 12.7. The van der Waals surface area contributed by atoms with E-state index >= 15 is 0 Å². The predicted octanol–water partition coefficient (Wildman–Crippen LogP) is 0.907. The third kappa shape index (κ3) is 2.41. The maximum atomic E-state index is 12.2. The van der Waals surface area contributed by atoms with Crippen LogP contribution in [0.1, 0.15) is 23.2 Å². The largest absolute Gasteiger partial charge is 0.504 e. The molecule has 0 aliphatic heterocycles. The van der Waals surface area contributed by atoms with Gasteiger partial charge in [0.15, 0.2) is 11.5 Å². The van der Waals surface area contributed by atoms with Gasteiger partial charge in [0.05, 0.1) is 0 Å². The summed E-state index contributed by atoms with van der Waals surface area (Å²) >= 11 is 0. The average molecular weight is 250 g/mol. The molecule has 1 unspecified atom stereocenters. The van der Waals surface area contributed by atoms with Gasteiger partial charge in [0.2, 0.25) is 0 Å². The summed E-state index contributed by atoms with van der Waals surface area (Å²) < 4.78 is 0. The zero-order chi connectivity index (χ0) is 13.3. The molecule has 98 valence electrons. The number of likely N-dealkylation sites (N-methyl/N-ethyl adjacent to an activating group) is 1. The van der Waals surface area contributed by atoms with Crippen molar-refractivity contribution >= 4 is 5.91 Å². The number of aromatic hydroxyl groups is 2. The van der Waals surface area contributed by atoms with Crippen LogP contribution in [0.3, 0.4) is 0 Å². The summed E-state index contributed by atoms with van der Waals surface area (Å²) in [4.78, 5) is 13.8. The summed E-state index contributed by atoms with van der Waals surface area (Å²) in [6.07, 6.45) is 2.22. The number of hydrogen-bond donors (Lipinski definition) is 3. The third-order valence-corrected chi connectivity index (χ3v) is 3.45. The summed E-state index contributed by atoms with van der Waals surface area (Å²) in [6.45, 7) is 0.441. The second-order valence-electron chi connectivity index (χ2n) is 4.76. The summed E-state index contributed by atoms with van der Waals surface area (Å²) in [5.41, 5.74) is 6.05. The van der Waals surface area contributed by atoms with Gasteiger partial charge in [-0.25, -0.2) is 0 Å². The molecule has 0 heterocycles. The molecule has 1 aromatic carbocycles. The molecule has 5 nitrogen and oxygen atoms in total. The number of nitrogens with zero attached hydrogens (tertiary/aromatic N) is 1. The van der Waals surface area contributed by atoms with Crippen molar-refractivity contribution < 1.29 is 15.0 Å². The van der Waals surface area contributed by atoms with Crippen LogP contribution in [-0.2, 0) is 0 Å². The van der Waals surface area contributed by atoms with E-state index in [4.69, 9.17) is 5.73 Å². The number of carbonyl (C=O) groups is 1. The number of phenols is 2. The first-order valence-corrected chi connectivity index (χ1v) is 6.03. The van der Waals surface area contributed by atoms with Crippen LogP contribution in [0.15, 0.2) is 18.2 Å². The van der Waals surface area contributed by atoms with Gasteiger partial charge >= 0.3 is 0 Å². The fraction of sp³-hybridized carbons (Fsp3) is 0.462. The smallest absolute Gasteiger partial charge is 0.254 e. The minimum absolute atomic E-state index is 0.0495. The van der Waals surface area contributed by atoms with Crippen LogP contribution < -0.4 is 5.73 Å². The number of phenolic OH excluding ortho intramolecular Hbond substituents is 2. The van der Waals surface area contributed by atoms with Crippen LogP contribution in [0.5, 0.6) is 11.5 Å². The maximum absolute atomic E-state index is 12.2. The second-order valence-corrected chi connectivity index (χ2v) is 4.76. The van der Waals surface area contributed by atoms with E-state index < -0.39 is 0 Å². The van der Waals surface area contributed by atoms with Crippen molar-refractivity contribution in [1.82, 2.24) is 4.90 Å². The van der Waals surface area contributed by atoms with Crippen LogP contribution in [0.25, 0.3) is 0 Å². The van der Waals surface area contributed by atoms with E-state index in [1.807, 2.05) is 0 Å². The number of benzene rings is 1. The van der Waals surface area contributed by atoms with E-state index in [2.05, 4.69) is 0 Å². The van der Waals surface area contributed by atoms with Gasteiger partial charge in [0.1, 0.15) is 0 Å². The highest BCUT2D eigenvalue weighted by Gasteiger charge is 2.35. The summed E-state index contributed by atoms with van der Waals surface area (Å²) in [5, 5.41) is 18.6. The molecule has 18 heavy (non-hydrogen) atoms. The molecule has 2 rings (SSSR count). The van der Waals surface area contributed by atoms with E-state index in [0.29, 0.717) is 18.0 Å². The summed E-state index contributed by atoms with van der Waals surface area (Å²) in [7, 11) is 1.72. The Bertz CT molecular complexity index is 458. The minimum atomic E-state index is -0.287. The minimum Gasteiger partial charge on any atom is -0.504 e. The number of hydrogen-bond acceptors (Lipinski definition) is 4. The molecule has 1 aromatic rings. The fourth-order valence-corrected chi connectivity index (χ4v) is 2.16. The Morgan fingerprint density at radius 3 is 2.61 bits per heavy atom. The second kappa shape index (κ2) is 4.86. The van der Waals surface area contributed by atoms with Gasteiger partial charge in [-0.3, -0.25) is 4.79 Å². The normalized spacial score (nSPS) is 16.3. The van der Waals surface area contributed by atoms with Crippen LogP contribution >= 0.6 is 0 Å². The van der Waals surface area contributed by atoms with Crippen molar-refractivity contribution in [1.29, 1.82) is 0 Å². The molecule has 1 aliphatic carbocycles. The number of nitrogens with two attached hydrogens (primary N) is 1. The van der Waals surface area contributed by atoms with Gasteiger partial charge in [-0.1, -0.05) is 0 Å². The Hall–Kier alpha value is -1.75. The molecule has 0 saturated heterocycles. The quantitative estimate of drug-likeness (QED) is 0.693. The molecular weight excluding hydrogens is 232 g/mol. The molecule has 0 bridgehead atoms. The van der Waals surface area contributed by atoms with Crippen molar-refractivity contribution in [3.8, 4) is 11.5 Å². The Kier molecular flexibility index (Phi) is 3.43. The van der Waals surface area contributed by atoms with Gasteiger partial charge in [-0.15, -0.1) is 0 Å². The number of carbonyl (C=O) groups excluding carboxylic acids is 1. The molecule has 1 aliphatic rings. The van der Waals surface area contributed by atoms with Crippen molar-refractivity contribution in [2.75, 3.05) is 13.6 Å². The Morgan fingerprint density at radius 1 is 1.44 bits per heavy atom. The molecule has 1 amide bonds. The lowest BCUT2D eigenvalue weighted by Gasteiger charge is -2.27. The molecule has 0 spiro atoms. The van der Waals surface area contributed by atoms with E-state index in [-0.39, 0.29) is 23.4 Å². The number of rotatable bonds is 4. The Morgan fingerprint density at radius 2 is 2.11 bits per heavy atom. The molecular formula is C13H18N2O3. The lowest BCUT2D eigenvalue weighted by Crippen LogP contribution is -2.43. The lowest BCUT2D eigenvalue weighted by atomic mass is 10.1. The van der Waals surface area contributed by atoms with E-state index in [1.165, 1.54) is 18.2 Å². The summed E-state index contributed by atoms with van der Waals surface area (Å²) in [5.74, 6) is -0.209. The molecule has 1 fully saturated rings. The van der Waals surface area contributed by atoms with Crippen molar-refractivity contribution in [2.45, 2.75) is 18.9 Å². The topological polar surface area (TPSA) is 86.8 Å². The Labute approximate surface area is 106 Å². The SMILES string of the molecule is CN(C(=O)c1ccc(O)c(O)c1)C(CN)C1CC1.